The van der Waals surface area contributed by atoms with E-state index in [0.29, 0.717) is 11.3 Å². The van der Waals surface area contributed by atoms with Crippen LogP contribution in [0.4, 0.5) is 0 Å². The van der Waals surface area contributed by atoms with Gasteiger partial charge in [0.2, 0.25) is 10.0 Å². The fourth-order valence-electron chi connectivity index (χ4n) is 2.53. The van der Waals surface area contributed by atoms with Crippen LogP contribution in [-0.4, -0.2) is 45.5 Å². The van der Waals surface area contributed by atoms with Crippen LogP contribution in [0.3, 0.4) is 0 Å². The third-order valence-electron chi connectivity index (χ3n) is 4.23. The first-order valence-corrected chi connectivity index (χ1v) is 10.2. The van der Waals surface area contributed by atoms with Crippen LogP contribution < -0.4 is 10.2 Å². The van der Waals surface area contributed by atoms with Gasteiger partial charge in [0.15, 0.2) is 0 Å². The molecule has 0 saturated heterocycles. The highest BCUT2D eigenvalue weighted by atomic mass is 32.2. The van der Waals surface area contributed by atoms with E-state index >= 15 is 0 Å². The number of amides is 1. The van der Waals surface area contributed by atoms with Crippen molar-refractivity contribution in [3.63, 3.8) is 0 Å². The summed E-state index contributed by atoms with van der Waals surface area (Å²) >= 11 is 0. The molecule has 0 heterocycles. The van der Waals surface area contributed by atoms with E-state index in [2.05, 4.69) is 17.5 Å². The minimum absolute atomic E-state index is 0.0978. The van der Waals surface area contributed by atoms with E-state index in [0.717, 1.165) is 16.3 Å². The number of carbonyl (C=O) groups is 1. The Hall–Kier alpha value is -2.71. The molecule has 150 valence electrons. The van der Waals surface area contributed by atoms with Crippen molar-refractivity contribution in [2.75, 3.05) is 20.7 Å². The molecule has 0 saturated carbocycles. The standard InChI is InChI=1S/C20H25N3O4S/c1-5-16-6-8-17(9-7-16)13-21-22-20(24)14-23(3)28(25,26)18-10-11-19(27-4)15(2)12-18/h6-13H,5,14H2,1-4H3,(H,22,24)/b21-13+. The zero-order valence-electron chi connectivity index (χ0n) is 16.5. The number of carbonyl (C=O) groups excluding carboxylic acids is 1. The Labute approximate surface area is 166 Å². The van der Waals surface area contributed by atoms with Crippen molar-refractivity contribution < 1.29 is 17.9 Å². The largest absolute Gasteiger partial charge is 0.496 e. The van der Waals surface area contributed by atoms with Gasteiger partial charge in [-0.05, 0) is 48.2 Å². The molecule has 8 heteroatoms. The molecular weight excluding hydrogens is 378 g/mol. The van der Waals surface area contributed by atoms with Gasteiger partial charge >= 0.3 is 0 Å². The normalized spacial score (nSPS) is 11.8. The number of nitrogens with zero attached hydrogens (tertiary/aromatic N) is 2. The molecule has 0 radical (unpaired) electrons. The molecule has 0 bridgehead atoms. The maximum atomic E-state index is 12.6. The first-order valence-electron chi connectivity index (χ1n) is 8.79. The van der Waals surface area contributed by atoms with E-state index < -0.39 is 15.9 Å². The molecule has 28 heavy (non-hydrogen) atoms. The first kappa shape index (κ1) is 21.6. The van der Waals surface area contributed by atoms with E-state index in [1.165, 1.54) is 38.1 Å². The summed E-state index contributed by atoms with van der Waals surface area (Å²) in [6.07, 6.45) is 2.46. The van der Waals surface area contributed by atoms with Gasteiger partial charge in [-0.25, -0.2) is 13.8 Å². The van der Waals surface area contributed by atoms with Gasteiger partial charge in [-0.2, -0.15) is 9.41 Å². The van der Waals surface area contributed by atoms with Crippen molar-refractivity contribution in [3.8, 4) is 5.75 Å². The van der Waals surface area contributed by atoms with Crippen molar-refractivity contribution in [3.05, 3.63) is 59.2 Å². The average molecular weight is 404 g/mol. The van der Waals surface area contributed by atoms with Crippen LogP contribution in [0.25, 0.3) is 0 Å². The molecule has 2 aromatic rings. The first-order chi connectivity index (χ1) is 13.3. The molecule has 2 aromatic carbocycles. The van der Waals surface area contributed by atoms with Crippen LogP contribution in [0.15, 0.2) is 52.5 Å². The molecule has 0 atom stereocenters. The highest BCUT2D eigenvalue weighted by molar-refractivity contribution is 7.89. The molecule has 0 unspecified atom stereocenters. The summed E-state index contributed by atoms with van der Waals surface area (Å²) in [5.74, 6) is 0.0680. The van der Waals surface area contributed by atoms with Gasteiger partial charge in [0.1, 0.15) is 5.75 Å². The number of nitrogens with one attached hydrogen (secondary N) is 1. The van der Waals surface area contributed by atoms with Crippen molar-refractivity contribution in [2.24, 2.45) is 5.10 Å². The second-order valence-corrected chi connectivity index (χ2v) is 8.33. The number of aryl methyl sites for hydroxylation is 2. The highest BCUT2D eigenvalue weighted by Gasteiger charge is 2.23. The molecule has 2 rings (SSSR count). The molecule has 0 aliphatic rings. The van der Waals surface area contributed by atoms with Crippen molar-refractivity contribution in [1.29, 1.82) is 0 Å². The lowest BCUT2D eigenvalue weighted by Gasteiger charge is -2.17. The minimum atomic E-state index is -3.80. The number of benzene rings is 2. The number of sulfonamides is 1. The van der Waals surface area contributed by atoms with Gasteiger partial charge < -0.3 is 4.74 Å². The minimum Gasteiger partial charge on any atom is -0.496 e. The van der Waals surface area contributed by atoms with Gasteiger partial charge in [0, 0.05) is 7.05 Å². The van der Waals surface area contributed by atoms with Crippen molar-refractivity contribution in [1.82, 2.24) is 9.73 Å². The van der Waals surface area contributed by atoms with E-state index in [9.17, 15) is 13.2 Å². The molecular formula is C20H25N3O4S. The zero-order chi connectivity index (χ0) is 20.7. The Balaban J connectivity index is 1.98. The predicted octanol–water partition coefficient (Wildman–Crippen LogP) is 2.34. The van der Waals surface area contributed by atoms with E-state index in [1.54, 1.807) is 13.0 Å². The van der Waals surface area contributed by atoms with Crippen LogP contribution in [-0.2, 0) is 21.2 Å². The third kappa shape index (κ3) is 5.40. The Morgan fingerprint density at radius 2 is 1.89 bits per heavy atom. The molecule has 0 aliphatic heterocycles. The van der Waals surface area contributed by atoms with Crippen LogP contribution in [0.2, 0.25) is 0 Å². The number of ether oxygens (including phenoxy) is 1. The number of rotatable bonds is 8. The molecule has 7 nitrogen and oxygen atoms in total. The molecule has 0 aromatic heterocycles. The van der Waals surface area contributed by atoms with E-state index in [4.69, 9.17) is 4.74 Å². The Morgan fingerprint density at radius 3 is 2.46 bits per heavy atom. The summed E-state index contributed by atoms with van der Waals surface area (Å²) in [5.41, 5.74) is 5.09. The quantitative estimate of drug-likeness (QED) is 0.541. The molecule has 1 amide bonds. The van der Waals surface area contributed by atoms with Gasteiger partial charge in [-0.1, -0.05) is 31.2 Å². The SMILES string of the molecule is CCc1ccc(/C=N/NC(=O)CN(C)S(=O)(=O)c2ccc(OC)c(C)c2)cc1. The molecule has 0 fully saturated rings. The maximum absolute atomic E-state index is 12.6. The summed E-state index contributed by atoms with van der Waals surface area (Å²) in [4.78, 5) is 12.1. The van der Waals surface area contributed by atoms with Crippen LogP contribution in [0.5, 0.6) is 5.75 Å². The monoisotopic (exact) mass is 403 g/mol. The number of methoxy groups -OCH3 is 1. The summed E-state index contributed by atoms with van der Waals surface area (Å²) in [6, 6.07) is 12.3. The topological polar surface area (TPSA) is 88.1 Å². The Kier molecular flexibility index (Phi) is 7.31. The second-order valence-electron chi connectivity index (χ2n) is 6.28. The van der Waals surface area contributed by atoms with Crippen LogP contribution in [0.1, 0.15) is 23.6 Å². The lowest BCUT2D eigenvalue weighted by atomic mass is 10.1. The fourth-order valence-corrected chi connectivity index (χ4v) is 3.74. The number of hydrogen-bond donors (Lipinski definition) is 1. The molecule has 0 aliphatic carbocycles. The maximum Gasteiger partial charge on any atom is 0.255 e. The molecule has 0 spiro atoms. The Bertz CT molecular complexity index is 954. The summed E-state index contributed by atoms with van der Waals surface area (Å²) in [7, 11) is -0.933. The van der Waals surface area contributed by atoms with Crippen molar-refractivity contribution in [2.45, 2.75) is 25.2 Å². The van der Waals surface area contributed by atoms with Gasteiger partial charge in [-0.3, -0.25) is 4.79 Å². The zero-order valence-corrected chi connectivity index (χ0v) is 17.3. The number of likely N-dealkylation sites (N-methyl/N-ethyl adjacent to an activating group) is 1. The fraction of sp³-hybridized carbons (Fsp3) is 0.300. The van der Waals surface area contributed by atoms with E-state index in [1.807, 2.05) is 24.3 Å². The van der Waals surface area contributed by atoms with Gasteiger partial charge in [-0.15, -0.1) is 0 Å². The van der Waals surface area contributed by atoms with Gasteiger partial charge in [0.25, 0.3) is 5.91 Å². The highest BCUT2D eigenvalue weighted by Crippen LogP contribution is 2.23. The Morgan fingerprint density at radius 1 is 1.21 bits per heavy atom. The third-order valence-corrected chi connectivity index (χ3v) is 6.03. The van der Waals surface area contributed by atoms with Crippen LogP contribution >= 0.6 is 0 Å². The average Bonchev–Trinajstić information content (AvgIpc) is 2.68. The predicted molar refractivity (Wildman–Crippen MR) is 109 cm³/mol. The van der Waals surface area contributed by atoms with Crippen LogP contribution in [0, 0.1) is 6.92 Å². The summed E-state index contributed by atoms with van der Waals surface area (Å²) < 4.78 is 31.4. The number of hydrogen-bond acceptors (Lipinski definition) is 5. The number of hydrazone groups is 1. The smallest absolute Gasteiger partial charge is 0.255 e. The second kappa shape index (κ2) is 9.48. The van der Waals surface area contributed by atoms with Gasteiger partial charge in [0.05, 0.1) is 24.8 Å². The summed E-state index contributed by atoms with van der Waals surface area (Å²) in [6.45, 7) is 3.48. The molecule has 1 N–H and O–H groups in total. The van der Waals surface area contributed by atoms with E-state index in [-0.39, 0.29) is 11.4 Å². The summed E-state index contributed by atoms with van der Waals surface area (Å²) in [5, 5.41) is 3.88. The lowest BCUT2D eigenvalue weighted by molar-refractivity contribution is -0.121. The lowest BCUT2D eigenvalue weighted by Crippen LogP contribution is -2.36. The van der Waals surface area contributed by atoms with Crippen molar-refractivity contribution >= 4 is 22.1 Å².